The molecule has 0 unspecified atom stereocenters. The summed E-state index contributed by atoms with van der Waals surface area (Å²) in [5.74, 6) is 0. The SMILES string of the molecule is C=C[Si]1(C=C)N[SiH2]N[SiH2]N(C)[Si](C)(C)N1C. The fourth-order valence-electron chi connectivity index (χ4n) is 1.95. The molecule has 16 heavy (non-hydrogen) atoms. The predicted octanol–water partition coefficient (Wildman–Crippen LogP) is -1.37. The summed E-state index contributed by atoms with van der Waals surface area (Å²) in [6.45, 7) is 12.9. The molecule has 0 aliphatic carbocycles. The van der Waals surface area contributed by atoms with E-state index in [2.05, 4.69) is 69.5 Å². The van der Waals surface area contributed by atoms with Gasteiger partial charge in [0.05, 0.1) is 0 Å². The first-order chi connectivity index (χ1) is 7.40. The van der Waals surface area contributed by atoms with E-state index in [-0.39, 0.29) is 19.7 Å². The lowest BCUT2D eigenvalue weighted by Gasteiger charge is -2.50. The Balaban J connectivity index is 3.10. The van der Waals surface area contributed by atoms with Crippen molar-refractivity contribution in [2.45, 2.75) is 13.1 Å². The largest absolute Gasteiger partial charge is 0.346 e. The Morgan fingerprint density at radius 3 is 2.25 bits per heavy atom. The van der Waals surface area contributed by atoms with Gasteiger partial charge in [0.15, 0.2) is 28.1 Å². The van der Waals surface area contributed by atoms with Crippen LogP contribution in [-0.4, -0.2) is 59.0 Å². The lowest BCUT2D eigenvalue weighted by Crippen LogP contribution is -2.77. The van der Waals surface area contributed by atoms with Gasteiger partial charge >= 0.3 is 0 Å². The Bertz CT molecular complexity index is 275. The van der Waals surface area contributed by atoms with E-state index in [0.717, 1.165) is 0 Å². The molecular formula is C8H24N4Si4. The highest BCUT2D eigenvalue weighted by molar-refractivity contribution is 6.99. The molecule has 0 spiro atoms. The number of nitrogens with one attached hydrogen (secondary N) is 2. The van der Waals surface area contributed by atoms with E-state index in [4.69, 9.17) is 0 Å². The fraction of sp³-hybridized carbons (Fsp3) is 0.500. The fourth-order valence-corrected chi connectivity index (χ4v) is 18.8. The smallest absolute Gasteiger partial charge is 0.242 e. The molecular weight excluding hydrogens is 264 g/mol. The summed E-state index contributed by atoms with van der Waals surface area (Å²) < 4.78 is 12.6. The van der Waals surface area contributed by atoms with Crippen molar-refractivity contribution >= 4 is 36.5 Å². The van der Waals surface area contributed by atoms with Gasteiger partial charge in [-0.15, -0.1) is 13.2 Å². The van der Waals surface area contributed by atoms with Crippen molar-refractivity contribution in [3.63, 3.8) is 0 Å². The van der Waals surface area contributed by atoms with E-state index >= 15 is 0 Å². The van der Waals surface area contributed by atoms with Crippen LogP contribution in [0.2, 0.25) is 13.1 Å². The van der Waals surface area contributed by atoms with Gasteiger partial charge in [-0.3, -0.25) is 0 Å². The minimum atomic E-state index is -1.84. The lowest BCUT2D eigenvalue weighted by molar-refractivity contribution is 0.629. The second-order valence-corrected chi connectivity index (χ2v) is 18.4. The van der Waals surface area contributed by atoms with Gasteiger partial charge in [0.25, 0.3) is 0 Å². The zero-order valence-electron chi connectivity index (χ0n) is 10.9. The van der Waals surface area contributed by atoms with Crippen LogP contribution in [0.1, 0.15) is 0 Å². The van der Waals surface area contributed by atoms with Crippen molar-refractivity contribution in [1.29, 1.82) is 0 Å². The third-order valence-electron chi connectivity index (χ3n) is 3.78. The normalized spacial score (nSPS) is 29.8. The molecule has 0 atom stereocenters. The molecule has 1 aliphatic rings. The summed E-state index contributed by atoms with van der Waals surface area (Å²) >= 11 is 0. The molecule has 1 heterocycles. The Morgan fingerprint density at radius 2 is 1.75 bits per heavy atom. The van der Waals surface area contributed by atoms with Crippen LogP contribution >= 0.6 is 0 Å². The molecule has 0 aromatic rings. The highest BCUT2D eigenvalue weighted by Crippen LogP contribution is 2.19. The van der Waals surface area contributed by atoms with Crippen LogP contribution in [0.25, 0.3) is 0 Å². The number of hydrogen-bond donors (Lipinski definition) is 2. The summed E-state index contributed by atoms with van der Waals surface area (Å²) in [6.07, 6.45) is 0. The minimum Gasteiger partial charge on any atom is -0.346 e. The van der Waals surface area contributed by atoms with Gasteiger partial charge < -0.3 is 17.8 Å². The third kappa shape index (κ3) is 2.38. The predicted molar refractivity (Wildman–Crippen MR) is 82.5 cm³/mol. The Hall–Kier alpha value is 0.188. The van der Waals surface area contributed by atoms with Crippen LogP contribution in [0.15, 0.2) is 24.6 Å². The molecule has 4 nitrogen and oxygen atoms in total. The molecule has 8 heteroatoms. The second-order valence-electron chi connectivity index (χ2n) is 4.75. The summed E-state index contributed by atoms with van der Waals surface area (Å²) in [4.78, 5) is 0. The maximum Gasteiger partial charge on any atom is 0.242 e. The molecule has 1 saturated heterocycles. The summed E-state index contributed by atoms with van der Waals surface area (Å²) in [6, 6.07) is 0. The Morgan fingerprint density at radius 1 is 1.19 bits per heavy atom. The maximum atomic E-state index is 4.04. The van der Waals surface area contributed by atoms with Crippen molar-refractivity contribution < 1.29 is 0 Å². The van der Waals surface area contributed by atoms with Crippen LogP contribution in [0, 0.1) is 0 Å². The van der Waals surface area contributed by atoms with Crippen LogP contribution in [0.3, 0.4) is 0 Å². The van der Waals surface area contributed by atoms with Crippen LogP contribution < -0.4 is 9.30 Å². The van der Waals surface area contributed by atoms with Crippen molar-refractivity contribution in [2.75, 3.05) is 14.1 Å². The van der Waals surface area contributed by atoms with E-state index < -0.39 is 16.8 Å². The zero-order chi connectivity index (χ0) is 12.4. The number of nitrogens with zero attached hydrogens (tertiary/aromatic N) is 2. The van der Waals surface area contributed by atoms with Crippen LogP contribution in [-0.2, 0) is 0 Å². The first-order valence-corrected chi connectivity index (χ1v) is 13.3. The van der Waals surface area contributed by atoms with Gasteiger partial charge in [-0.25, -0.2) is 0 Å². The third-order valence-corrected chi connectivity index (χ3v) is 20.5. The summed E-state index contributed by atoms with van der Waals surface area (Å²) in [5.41, 5.74) is 4.23. The molecule has 0 aromatic carbocycles. The van der Waals surface area contributed by atoms with E-state index in [1.165, 1.54) is 0 Å². The molecule has 0 amide bonds. The van der Waals surface area contributed by atoms with Gasteiger partial charge in [0.2, 0.25) is 8.40 Å². The zero-order valence-corrected chi connectivity index (χ0v) is 15.7. The quantitative estimate of drug-likeness (QED) is 0.614. The minimum absolute atomic E-state index is 0.268. The Labute approximate surface area is 106 Å². The van der Waals surface area contributed by atoms with Gasteiger partial charge in [-0.1, -0.05) is 11.4 Å². The number of rotatable bonds is 2. The molecule has 0 radical (unpaired) electrons. The van der Waals surface area contributed by atoms with Gasteiger partial charge in [-0.2, -0.15) is 0 Å². The van der Waals surface area contributed by atoms with Crippen molar-refractivity contribution in [3.05, 3.63) is 24.6 Å². The molecule has 2 N–H and O–H groups in total. The molecule has 1 fully saturated rings. The van der Waals surface area contributed by atoms with Crippen molar-refractivity contribution in [2.24, 2.45) is 0 Å². The standard InChI is InChI=1S/C8H24N4Si4/c1-7-16(8-2)10-13-9-14-11(3)15(5,6)12(16)4/h7-10H,1-2,13-14H2,3-6H3. The molecule has 0 bridgehead atoms. The molecule has 1 rings (SSSR count). The first kappa shape index (κ1) is 14.2. The van der Waals surface area contributed by atoms with Gasteiger partial charge in [0.1, 0.15) is 0 Å². The van der Waals surface area contributed by atoms with Crippen LogP contribution in [0.4, 0.5) is 0 Å². The summed E-state index contributed by atoms with van der Waals surface area (Å²) in [7, 11) is 0.532. The average Bonchev–Trinajstić information content (AvgIpc) is 2.28. The first-order valence-electron chi connectivity index (χ1n) is 5.59. The van der Waals surface area contributed by atoms with Gasteiger partial charge in [-0.05, 0) is 27.2 Å². The summed E-state index contributed by atoms with van der Waals surface area (Å²) in [5, 5.41) is 0. The maximum absolute atomic E-state index is 4.04. The second kappa shape index (κ2) is 5.23. The molecule has 1 aliphatic heterocycles. The van der Waals surface area contributed by atoms with E-state index in [9.17, 15) is 0 Å². The topological polar surface area (TPSA) is 30.5 Å². The Kier molecular flexibility index (Phi) is 4.65. The van der Waals surface area contributed by atoms with Gasteiger partial charge in [0, 0.05) is 0 Å². The lowest BCUT2D eigenvalue weighted by atomic mass is 11.2. The average molecular weight is 289 g/mol. The van der Waals surface area contributed by atoms with Crippen LogP contribution in [0.5, 0.6) is 0 Å². The van der Waals surface area contributed by atoms with Crippen molar-refractivity contribution in [3.8, 4) is 0 Å². The van der Waals surface area contributed by atoms with E-state index in [1.54, 1.807) is 0 Å². The van der Waals surface area contributed by atoms with E-state index in [0.29, 0.717) is 0 Å². The van der Waals surface area contributed by atoms with E-state index in [1.807, 2.05) is 0 Å². The molecule has 92 valence electrons. The monoisotopic (exact) mass is 288 g/mol. The highest BCUT2D eigenvalue weighted by atomic mass is 28.5. The van der Waals surface area contributed by atoms with Crippen molar-refractivity contribution in [1.82, 2.24) is 17.8 Å². The highest BCUT2D eigenvalue weighted by Gasteiger charge is 2.44. The number of hydrogen-bond acceptors (Lipinski definition) is 4. The molecule has 0 aromatic heterocycles. The molecule has 0 saturated carbocycles.